The monoisotopic (exact) mass is 338 g/mol. The van der Waals surface area contributed by atoms with Crippen LogP contribution in [-0.2, 0) is 6.42 Å². The number of fused-ring (bicyclic) bond motifs is 2. The molecule has 2 unspecified atom stereocenters. The average Bonchev–Trinajstić information content (AvgIpc) is 3.04. The lowest BCUT2D eigenvalue weighted by Gasteiger charge is -2.33. The van der Waals surface area contributed by atoms with Crippen LogP contribution in [-0.4, -0.2) is 12.0 Å². The normalized spacial score (nSPS) is 21.4. The van der Waals surface area contributed by atoms with Gasteiger partial charge in [0, 0.05) is 10.1 Å². The third kappa shape index (κ3) is 2.93. The lowest BCUT2D eigenvalue weighted by atomic mass is 9.80. The minimum atomic E-state index is 0.339. The molecule has 2 aliphatic rings. The van der Waals surface area contributed by atoms with Gasteiger partial charge >= 0.3 is 0 Å². The molecule has 0 saturated carbocycles. The summed E-state index contributed by atoms with van der Waals surface area (Å²) in [7, 11) is 0. The van der Waals surface area contributed by atoms with Gasteiger partial charge < -0.3 is 9.47 Å². The van der Waals surface area contributed by atoms with Crippen LogP contribution in [0.1, 0.15) is 35.4 Å². The van der Waals surface area contributed by atoms with Gasteiger partial charge in [-0.05, 0) is 67.5 Å². The van der Waals surface area contributed by atoms with E-state index in [0.29, 0.717) is 18.0 Å². The van der Waals surface area contributed by atoms with Gasteiger partial charge in [0.1, 0.15) is 0 Å². The van der Waals surface area contributed by atoms with Crippen LogP contribution in [0, 0.1) is 6.92 Å². The second-order valence-corrected chi connectivity index (χ2v) is 7.86. The average molecular weight is 338 g/mol. The van der Waals surface area contributed by atoms with E-state index in [-0.39, 0.29) is 0 Å². The Kier molecular flexibility index (Phi) is 4.28. The van der Waals surface area contributed by atoms with Crippen LogP contribution in [0.25, 0.3) is 0 Å². The van der Waals surface area contributed by atoms with E-state index in [0.717, 1.165) is 24.3 Å². The smallest absolute Gasteiger partial charge is 0.231 e. The number of ether oxygens (including phenoxy) is 2. The maximum absolute atomic E-state index is 5.60. The van der Waals surface area contributed by atoms with E-state index >= 15 is 0 Å². The molecule has 0 aromatic heterocycles. The predicted octanol–water partition coefficient (Wildman–Crippen LogP) is 5.49. The maximum atomic E-state index is 5.60. The summed E-state index contributed by atoms with van der Waals surface area (Å²) in [5.41, 5.74) is 4.13. The number of aryl methyl sites for hydroxylation is 2. The minimum Gasteiger partial charge on any atom is -0.454 e. The summed E-state index contributed by atoms with van der Waals surface area (Å²) < 4.78 is 11.1. The molecule has 0 spiro atoms. The molecule has 124 valence electrons. The zero-order chi connectivity index (χ0) is 16.5. The van der Waals surface area contributed by atoms with Crippen LogP contribution in [0.5, 0.6) is 11.5 Å². The summed E-state index contributed by atoms with van der Waals surface area (Å²) >= 11 is 2.00. The quantitative estimate of drug-likeness (QED) is 0.687. The van der Waals surface area contributed by atoms with E-state index < -0.39 is 0 Å². The number of allylic oxidation sites excluding steroid dienone is 1. The first kappa shape index (κ1) is 15.6. The van der Waals surface area contributed by atoms with Crippen LogP contribution >= 0.6 is 11.8 Å². The number of thioether (sulfide) groups is 1. The van der Waals surface area contributed by atoms with Gasteiger partial charge in [0.2, 0.25) is 6.79 Å². The molecular formula is C21H22O2S. The Morgan fingerprint density at radius 1 is 1.17 bits per heavy atom. The SMILES string of the molecule is C=CCC1c2cc3c(cc2CCC1Sc1ccc(C)cc1)OCO3. The highest BCUT2D eigenvalue weighted by atomic mass is 32.2. The van der Waals surface area contributed by atoms with E-state index in [9.17, 15) is 0 Å². The fourth-order valence-corrected chi connectivity index (χ4v) is 4.95. The van der Waals surface area contributed by atoms with Crippen LogP contribution in [0.3, 0.4) is 0 Å². The van der Waals surface area contributed by atoms with Crippen LogP contribution < -0.4 is 9.47 Å². The third-order valence-electron chi connectivity index (χ3n) is 4.91. The van der Waals surface area contributed by atoms with Gasteiger partial charge in [-0.25, -0.2) is 0 Å². The van der Waals surface area contributed by atoms with Gasteiger partial charge in [-0.1, -0.05) is 23.8 Å². The van der Waals surface area contributed by atoms with Crippen molar-refractivity contribution in [2.45, 2.75) is 42.2 Å². The molecule has 4 rings (SSSR count). The van der Waals surface area contributed by atoms with Crippen molar-refractivity contribution in [3.8, 4) is 11.5 Å². The highest BCUT2D eigenvalue weighted by molar-refractivity contribution is 8.00. The van der Waals surface area contributed by atoms with Crippen molar-refractivity contribution in [2.24, 2.45) is 0 Å². The fraction of sp³-hybridized carbons (Fsp3) is 0.333. The molecular weight excluding hydrogens is 316 g/mol. The third-order valence-corrected chi connectivity index (χ3v) is 6.32. The van der Waals surface area contributed by atoms with Gasteiger partial charge in [0.05, 0.1) is 0 Å². The van der Waals surface area contributed by atoms with E-state index in [4.69, 9.17) is 9.47 Å². The number of rotatable bonds is 4. The highest BCUT2D eigenvalue weighted by Crippen LogP contribution is 2.47. The molecule has 0 radical (unpaired) electrons. The molecule has 0 N–H and O–H groups in total. The lowest BCUT2D eigenvalue weighted by molar-refractivity contribution is 0.174. The molecule has 2 aromatic carbocycles. The highest BCUT2D eigenvalue weighted by Gasteiger charge is 2.31. The van der Waals surface area contributed by atoms with E-state index in [1.165, 1.54) is 28.0 Å². The molecule has 2 aromatic rings. The van der Waals surface area contributed by atoms with Crippen LogP contribution in [0.15, 0.2) is 53.9 Å². The van der Waals surface area contributed by atoms with Crippen molar-refractivity contribution >= 4 is 11.8 Å². The van der Waals surface area contributed by atoms with Crippen molar-refractivity contribution < 1.29 is 9.47 Å². The Balaban J connectivity index is 1.64. The summed E-state index contributed by atoms with van der Waals surface area (Å²) in [4.78, 5) is 1.35. The molecule has 0 fully saturated rings. The van der Waals surface area contributed by atoms with Gasteiger partial charge in [0.15, 0.2) is 11.5 Å². The second-order valence-electron chi connectivity index (χ2n) is 6.54. The summed E-state index contributed by atoms with van der Waals surface area (Å²) in [5.74, 6) is 2.27. The number of hydrogen-bond donors (Lipinski definition) is 0. The van der Waals surface area contributed by atoms with Crippen molar-refractivity contribution in [3.63, 3.8) is 0 Å². The van der Waals surface area contributed by atoms with Gasteiger partial charge in [-0.2, -0.15) is 0 Å². The van der Waals surface area contributed by atoms with Crippen molar-refractivity contribution in [2.75, 3.05) is 6.79 Å². The Morgan fingerprint density at radius 3 is 2.67 bits per heavy atom. The summed E-state index contributed by atoms with van der Waals surface area (Å²) in [6.07, 6.45) is 5.33. The van der Waals surface area contributed by atoms with Crippen molar-refractivity contribution in [3.05, 3.63) is 65.7 Å². The Hall–Kier alpha value is -1.87. The molecule has 2 atom stereocenters. The second kappa shape index (κ2) is 6.56. The Morgan fingerprint density at radius 2 is 1.92 bits per heavy atom. The van der Waals surface area contributed by atoms with E-state index in [2.05, 4.69) is 49.9 Å². The standard InChI is InChI=1S/C21H22O2S/c1-3-4-17-18-12-20-19(22-13-23-20)11-15(18)7-10-21(17)24-16-8-5-14(2)6-9-16/h3,5-6,8-9,11-12,17,21H,1,4,7,10,13H2,2H3. The molecule has 0 saturated heterocycles. The van der Waals surface area contributed by atoms with Gasteiger partial charge in [-0.3, -0.25) is 0 Å². The van der Waals surface area contributed by atoms with Crippen LogP contribution in [0.2, 0.25) is 0 Å². The van der Waals surface area contributed by atoms with Crippen LogP contribution in [0.4, 0.5) is 0 Å². The first-order chi connectivity index (χ1) is 11.7. The maximum Gasteiger partial charge on any atom is 0.231 e. The van der Waals surface area contributed by atoms with Crippen molar-refractivity contribution in [1.29, 1.82) is 0 Å². The van der Waals surface area contributed by atoms with E-state index in [1.807, 2.05) is 17.8 Å². The predicted molar refractivity (Wildman–Crippen MR) is 99.3 cm³/mol. The fourth-order valence-electron chi connectivity index (χ4n) is 3.65. The number of benzene rings is 2. The zero-order valence-electron chi connectivity index (χ0n) is 14.0. The largest absolute Gasteiger partial charge is 0.454 e. The topological polar surface area (TPSA) is 18.5 Å². The summed E-state index contributed by atoms with van der Waals surface area (Å²) in [6.45, 7) is 6.46. The molecule has 3 heteroatoms. The molecule has 0 amide bonds. The zero-order valence-corrected chi connectivity index (χ0v) is 14.8. The Bertz CT molecular complexity index is 751. The Labute approximate surface area is 147 Å². The first-order valence-electron chi connectivity index (χ1n) is 8.51. The minimum absolute atomic E-state index is 0.339. The summed E-state index contributed by atoms with van der Waals surface area (Å²) in [6, 6.07) is 13.2. The molecule has 2 nitrogen and oxygen atoms in total. The lowest BCUT2D eigenvalue weighted by Crippen LogP contribution is -2.22. The molecule has 1 aliphatic carbocycles. The number of hydrogen-bond acceptors (Lipinski definition) is 3. The molecule has 0 bridgehead atoms. The van der Waals surface area contributed by atoms with Crippen molar-refractivity contribution in [1.82, 2.24) is 0 Å². The summed E-state index contributed by atoms with van der Waals surface area (Å²) in [5, 5.41) is 0.568. The molecule has 24 heavy (non-hydrogen) atoms. The molecule has 1 heterocycles. The van der Waals surface area contributed by atoms with Gasteiger partial charge in [0.25, 0.3) is 0 Å². The van der Waals surface area contributed by atoms with E-state index in [1.54, 1.807) is 0 Å². The first-order valence-corrected chi connectivity index (χ1v) is 9.39. The van der Waals surface area contributed by atoms with Gasteiger partial charge in [-0.15, -0.1) is 18.3 Å². The molecule has 1 aliphatic heterocycles.